The molecule has 0 unspecified atom stereocenters. The number of carbonyl (C=O) groups is 8. The van der Waals surface area contributed by atoms with E-state index in [0.29, 0.717) is 54.9 Å². The number of H-pyrrole nitrogens is 2. The van der Waals surface area contributed by atoms with E-state index in [1.165, 1.54) is 29.8 Å². The molecule has 0 aliphatic carbocycles. The molecule has 2 aromatic carbocycles. The Morgan fingerprint density at radius 1 is 0.562 bits per heavy atom. The molecular formula is C49H48N10O10S4. The number of carboxylic acids is 1. The van der Waals surface area contributed by atoms with Crippen LogP contribution in [0, 0.1) is 0 Å². The predicted molar refractivity (Wildman–Crippen MR) is 277 cm³/mol. The topological polar surface area (TPSA) is 296 Å². The van der Waals surface area contributed by atoms with E-state index in [2.05, 4.69) is 52.3 Å². The second-order valence-electron chi connectivity index (χ2n) is 15.8. The SMILES string of the molecule is CCc1cc(C(=O)NCc2cccc3[nH]ncc23)sc1C(=O)N[C@@H](CNC(=O)c1cccs1)C(=O)O.CCc1cc(C(=O)NCc2cccc3[nH]ncc23)sc1C(=O)N[C@@H](CNC(=O)c1cccs1)C(=O)OC. The molecule has 0 fully saturated rings. The summed E-state index contributed by atoms with van der Waals surface area (Å²) in [6, 6.07) is 19.0. The lowest BCUT2D eigenvalue weighted by atomic mass is 10.1. The zero-order valence-electron chi connectivity index (χ0n) is 39.3. The summed E-state index contributed by atoms with van der Waals surface area (Å²) in [5.41, 5.74) is 4.86. The van der Waals surface area contributed by atoms with Crippen LogP contribution in [0.15, 0.2) is 96.0 Å². The molecule has 6 aromatic heterocycles. The van der Waals surface area contributed by atoms with Crippen LogP contribution in [0.3, 0.4) is 0 Å². The minimum absolute atomic E-state index is 0.144. The molecule has 0 radical (unpaired) electrons. The van der Waals surface area contributed by atoms with Crippen LogP contribution in [-0.2, 0) is 40.3 Å². The number of fused-ring (bicyclic) bond motifs is 2. The highest BCUT2D eigenvalue weighted by atomic mass is 32.1. The van der Waals surface area contributed by atoms with Crippen molar-refractivity contribution >= 4 is 115 Å². The molecule has 6 heterocycles. The van der Waals surface area contributed by atoms with E-state index in [-0.39, 0.29) is 42.2 Å². The number of carbonyl (C=O) groups excluding carboxylic acids is 7. The highest BCUT2D eigenvalue weighted by Gasteiger charge is 2.28. The molecule has 0 aliphatic heterocycles. The number of methoxy groups -OCH3 is 1. The monoisotopic (exact) mass is 1060 g/mol. The Morgan fingerprint density at radius 2 is 1.00 bits per heavy atom. The number of nitrogens with zero attached hydrogens (tertiary/aromatic N) is 2. The fourth-order valence-corrected chi connectivity index (χ4v) is 10.7. The minimum Gasteiger partial charge on any atom is -0.480 e. The molecule has 0 spiro atoms. The predicted octanol–water partition coefficient (Wildman–Crippen LogP) is 5.67. The van der Waals surface area contributed by atoms with Crippen molar-refractivity contribution in [1.82, 2.24) is 52.3 Å². The lowest BCUT2D eigenvalue weighted by molar-refractivity contribution is -0.142. The largest absolute Gasteiger partial charge is 0.480 e. The molecule has 8 aromatic rings. The third-order valence-electron chi connectivity index (χ3n) is 11.1. The van der Waals surface area contributed by atoms with Crippen LogP contribution < -0.4 is 31.9 Å². The number of thiophene rings is 4. The van der Waals surface area contributed by atoms with Crippen LogP contribution in [0.4, 0.5) is 0 Å². The highest BCUT2D eigenvalue weighted by molar-refractivity contribution is 7.16. The van der Waals surface area contributed by atoms with Gasteiger partial charge in [0.25, 0.3) is 35.4 Å². The molecule has 0 bridgehead atoms. The summed E-state index contributed by atoms with van der Waals surface area (Å²) in [5, 5.41) is 44.7. The van der Waals surface area contributed by atoms with Crippen LogP contribution in [0.2, 0.25) is 0 Å². The van der Waals surface area contributed by atoms with Crippen LogP contribution in [-0.4, -0.2) is 105 Å². The zero-order valence-corrected chi connectivity index (χ0v) is 42.5. The Morgan fingerprint density at radius 3 is 1.41 bits per heavy atom. The Labute approximate surface area is 432 Å². The van der Waals surface area contributed by atoms with Crippen molar-refractivity contribution < 1.29 is 48.2 Å². The average molecular weight is 1070 g/mol. The molecule has 0 aliphatic rings. The van der Waals surface area contributed by atoms with Crippen molar-refractivity contribution in [2.45, 2.75) is 51.9 Å². The molecular weight excluding hydrogens is 1020 g/mol. The summed E-state index contributed by atoms with van der Waals surface area (Å²) < 4.78 is 4.80. The number of benzene rings is 2. The highest BCUT2D eigenvalue weighted by Crippen LogP contribution is 2.26. The van der Waals surface area contributed by atoms with Crippen LogP contribution in [0.25, 0.3) is 21.8 Å². The zero-order chi connectivity index (χ0) is 52.0. The first-order valence-corrected chi connectivity index (χ1v) is 25.9. The number of aliphatic carboxylic acids is 1. The number of ether oxygens (including phenoxy) is 1. The van der Waals surface area contributed by atoms with Gasteiger partial charge in [0.2, 0.25) is 0 Å². The number of nitrogens with one attached hydrogen (secondary N) is 8. The van der Waals surface area contributed by atoms with Gasteiger partial charge in [0.15, 0.2) is 0 Å². The molecule has 0 saturated heterocycles. The number of aromatic nitrogens is 4. The Balaban J connectivity index is 0.000000214. The van der Waals surface area contributed by atoms with Gasteiger partial charge in [0, 0.05) is 37.0 Å². The molecule has 2 atom stereocenters. The smallest absolute Gasteiger partial charge is 0.330 e. The maximum absolute atomic E-state index is 13.1. The maximum Gasteiger partial charge on any atom is 0.330 e. The van der Waals surface area contributed by atoms with E-state index in [1.54, 1.807) is 59.6 Å². The number of hydrogen-bond acceptors (Lipinski definition) is 15. The maximum atomic E-state index is 13.1. The van der Waals surface area contributed by atoms with Crippen LogP contribution in [0.5, 0.6) is 0 Å². The van der Waals surface area contributed by atoms with Crippen molar-refractivity contribution in [3.8, 4) is 0 Å². The van der Waals surface area contributed by atoms with E-state index in [0.717, 1.165) is 55.6 Å². The van der Waals surface area contributed by atoms with Gasteiger partial charge in [0.1, 0.15) is 12.1 Å². The minimum atomic E-state index is -1.33. The van der Waals surface area contributed by atoms with Gasteiger partial charge in [-0.1, -0.05) is 50.2 Å². The first kappa shape index (κ1) is 52.8. The fraction of sp³-hybridized carbons (Fsp3) is 0.224. The number of carboxylic acid groups (broad SMARTS) is 1. The molecule has 6 amide bonds. The van der Waals surface area contributed by atoms with E-state index in [4.69, 9.17) is 4.74 Å². The van der Waals surface area contributed by atoms with Crippen molar-refractivity contribution in [3.05, 3.63) is 147 Å². The van der Waals surface area contributed by atoms with Gasteiger partial charge in [-0.05, 0) is 82.3 Å². The standard InChI is InChI=1S/C25H25N5O5S2.C24H23N5O5S2/c1-3-14-10-20(23(32)26-11-15-6-4-7-17-16(15)12-28-30-17)37-21(14)24(33)29-18(25(34)35-2)13-27-22(31)19-8-5-9-36-19;1-2-13-9-19(22(31)25-10-14-5-3-6-16-15(14)11-27-29-16)36-20(13)23(32)28-17(24(33)34)12-26-21(30)18-7-4-8-35-18/h4-10,12,18H,3,11,13H2,1-2H3,(H,26,32)(H,27,31)(H,28,30)(H,29,33);3-9,11,17H,2,10,12H2,1H3,(H,25,31)(H,26,30)(H,27,29)(H,28,32)(H,33,34)/t18-;17-/m00/s1. The van der Waals surface area contributed by atoms with Crippen molar-refractivity contribution in [1.29, 1.82) is 0 Å². The van der Waals surface area contributed by atoms with E-state index < -0.39 is 41.7 Å². The number of aryl methyl sites for hydroxylation is 2. The molecule has 0 saturated carbocycles. The number of aromatic amines is 2. The summed E-state index contributed by atoms with van der Waals surface area (Å²) in [6.45, 7) is 3.87. The van der Waals surface area contributed by atoms with Crippen LogP contribution >= 0.6 is 45.3 Å². The lowest BCUT2D eigenvalue weighted by Crippen LogP contribution is -2.48. The first-order valence-electron chi connectivity index (χ1n) is 22.5. The third-order valence-corrected chi connectivity index (χ3v) is 15.2. The number of amides is 6. The van der Waals surface area contributed by atoms with E-state index in [1.807, 2.05) is 50.2 Å². The molecule has 9 N–H and O–H groups in total. The molecule has 378 valence electrons. The average Bonchev–Trinajstić information content (AvgIpc) is 4.27. The number of esters is 1. The van der Waals surface area contributed by atoms with Gasteiger partial charge in [-0.2, -0.15) is 10.2 Å². The fourth-order valence-electron chi connectivity index (χ4n) is 7.25. The summed E-state index contributed by atoms with van der Waals surface area (Å²) >= 11 is 4.53. The summed E-state index contributed by atoms with van der Waals surface area (Å²) in [5.74, 6) is -4.54. The Kier molecular flexibility index (Phi) is 18.0. The van der Waals surface area contributed by atoms with Gasteiger partial charge in [-0.25, -0.2) is 9.59 Å². The van der Waals surface area contributed by atoms with Crippen molar-refractivity contribution in [2.75, 3.05) is 20.2 Å². The van der Waals surface area contributed by atoms with Crippen molar-refractivity contribution in [3.63, 3.8) is 0 Å². The normalized spacial score (nSPS) is 11.7. The van der Waals surface area contributed by atoms with Gasteiger partial charge in [-0.15, -0.1) is 45.3 Å². The second kappa shape index (κ2) is 24.9. The Bertz CT molecular complexity index is 3270. The number of hydrogen-bond donors (Lipinski definition) is 9. The van der Waals surface area contributed by atoms with Crippen LogP contribution in [0.1, 0.15) is 94.1 Å². The quantitative estimate of drug-likeness (QED) is 0.0417. The number of rotatable bonds is 20. The molecule has 20 nitrogen and oxygen atoms in total. The van der Waals surface area contributed by atoms with Gasteiger partial charge in [-0.3, -0.25) is 39.0 Å². The summed E-state index contributed by atoms with van der Waals surface area (Å²) in [4.78, 5) is 102. The molecule has 73 heavy (non-hydrogen) atoms. The molecule has 8 rings (SSSR count). The lowest BCUT2D eigenvalue weighted by Gasteiger charge is -2.17. The van der Waals surface area contributed by atoms with Gasteiger partial charge >= 0.3 is 11.9 Å². The third kappa shape index (κ3) is 13.3. The molecule has 24 heteroatoms. The van der Waals surface area contributed by atoms with Crippen molar-refractivity contribution in [2.24, 2.45) is 0 Å². The Hall–Kier alpha value is -8.06. The summed E-state index contributed by atoms with van der Waals surface area (Å²) in [7, 11) is 1.21. The van der Waals surface area contributed by atoms with E-state index in [9.17, 15) is 43.5 Å². The second-order valence-corrected chi connectivity index (χ2v) is 19.8. The van der Waals surface area contributed by atoms with E-state index >= 15 is 0 Å². The van der Waals surface area contributed by atoms with Gasteiger partial charge in [0.05, 0.1) is 59.8 Å². The summed E-state index contributed by atoms with van der Waals surface area (Å²) in [6.07, 6.45) is 4.40. The van der Waals surface area contributed by atoms with Gasteiger partial charge < -0.3 is 41.7 Å². The first-order chi connectivity index (χ1) is 35.3.